The Balaban J connectivity index is 1.85. The fourth-order valence-electron chi connectivity index (χ4n) is 1.70. The SMILES string of the molecule is Cn1ccc(CCNC(=O)c2ccc(C#N)cc2)n1. The van der Waals surface area contributed by atoms with Crippen LogP contribution < -0.4 is 5.32 Å². The molecule has 5 nitrogen and oxygen atoms in total. The Morgan fingerprint density at radius 3 is 2.68 bits per heavy atom. The highest BCUT2D eigenvalue weighted by atomic mass is 16.1. The van der Waals surface area contributed by atoms with Crippen LogP contribution in [-0.2, 0) is 13.5 Å². The van der Waals surface area contributed by atoms with Crippen molar-refractivity contribution in [2.75, 3.05) is 6.54 Å². The Hall–Kier alpha value is -2.61. The van der Waals surface area contributed by atoms with E-state index in [-0.39, 0.29) is 5.91 Å². The van der Waals surface area contributed by atoms with Crippen LogP contribution in [0.2, 0.25) is 0 Å². The zero-order valence-electron chi connectivity index (χ0n) is 10.6. The van der Waals surface area contributed by atoms with Crippen LogP contribution in [0.3, 0.4) is 0 Å². The summed E-state index contributed by atoms with van der Waals surface area (Å²) in [5.74, 6) is -0.138. The third-order valence-corrected chi connectivity index (χ3v) is 2.71. The van der Waals surface area contributed by atoms with Crippen molar-refractivity contribution in [3.8, 4) is 6.07 Å². The van der Waals surface area contributed by atoms with Crippen LogP contribution in [0.25, 0.3) is 0 Å². The second-order valence-corrected chi connectivity index (χ2v) is 4.18. The van der Waals surface area contributed by atoms with Gasteiger partial charge in [0.25, 0.3) is 5.91 Å². The van der Waals surface area contributed by atoms with E-state index >= 15 is 0 Å². The van der Waals surface area contributed by atoms with E-state index in [1.165, 1.54) is 0 Å². The summed E-state index contributed by atoms with van der Waals surface area (Å²) < 4.78 is 1.73. The van der Waals surface area contributed by atoms with Crippen molar-refractivity contribution in [1.29, 1.82) is 5.26 Å². The van der Waals surface area contributed by atoms with Gasteiger partial charge in [0.05, 0.1) is 17.3 Å². The monoisotopic (exact) mass is 254 g/mol. The molecular formula is C14H14N4O. The first-order valence-corrected chi connectivity index (χ1v) is 5.96. The van der Waals surface area contributed by atoms with Gasteiger partial charge in [0, 0.05) is 31.8 Å². The maximum atomic E-state index is 11.8. The molecule has 0 bridgehead atoms. The molecule has 96 valence electrons. The minimum absolute atomic E-state index is 0.138. The predicted molar refractivity (Wildman–Crippen MR) is 70.4 cm³/mol. The van der Waals surface area contributed by atoms with Crippen LogP contribution >= 0.6 is 0 Å². The number of rotatable bonds is 4. The number of nitrogens with one attached hydrogen (secondary N) is 1. The fraction of sp³-hybridized carbons (Fsp3) is 0.214. The predicted octanol–water partition coefficient (Wildman–Crippen LogP) is 1.26. The lowest BCUT2D eigenvalue weighted by molar-refractivity contribution is 0.0954. The number of carbonyl (C=O) groups is 1. The Bertz CT molecular complexity index is 607. The summed E-state index contributed by atoms with van der Waals surface area (Å²) in [6.07, 6.45) is 2.57. The van der Waals surface area contributed by atoms with Crippen molar-refractivity contribution < 1.29 is 4.79 Å². The molecule has 2 aromatic rings. The van der Waals surface area contributed by atoms with Crippen molar-refractivity contribution in [3.63, 3.8) is 0 Å². The molecule has 5 heteroatoms. The van der Waals surface area contributed by atoms with E-state index in [0.29, 0.717) is 24.1 Å². The van der Waals surface area contributed by atoms with E-state index in [4.69, 9.17) is 5.26 Å². The molecule has 0 aliphatic rings. The molecule has 0 atom stereocenters. The van der Waals surface area contributed by atoms with Crippen LogP contribution in [0, 0.1) is 11.3 Å². The number of hydrogen-bond donors (Lipinski definition) is 1. The van der Waals surface area contributed by atoms with Crippen LogP contribution in [0.5, 0.6) is 0 Å². The smallest absolute Gasteiger partial charge is 0.251 e. The van der Waals surface area contributed by atoms with Crippen molar-refractivity contribution >= 4 is 5.91 Å². The molecule has 0 saturated heterocycles. The largest absolute Gasteiger partial charge is 0.352 e. The molecule has 1 amide bonds. The van der Waals surface area contributed by atoms with E-state index in [9.17, 15) is 4.79 Å². The molecule has 0 saturated carbocycles. The molecule has 1 aromatic heterocycles. The van der Waals surface area contributed by atoms with E-state index in [0.717, 1.165) is 5.69 Å². The summed E-state index contributed by atoms with van der Waals surface area (Å²) in [6, 6.07) is 10.5. The van der Waals surface area contributed by atoms with Gasteiger partial charge in [-0.15, -0.1) is 0 Å². The molecule has 1 aromatic carbocycles. The lowest BCUT2D eigenvalue weighted by Crippen LogP contribution is -2.25. The Kier molecular flexibility index (Phi) is 3.94. The minimum atomic E-state index is -0.138. The maximum Gasteiger partial charge on any atom is 0.251 e. The van der Waals surface area contributed by atoms with E-state index < -0.39 is 0 Å². The number of hydrogen-bond acceptors (Lipinski definition) is 3. The molecule has 1 N–H and O–H groups in total. The van der Waals surface area contributed by atoms with Gasteiger partial charge in [-0.3, -0.25) is 9.48 Å². The van der Waals surface area contributed by atoms with Crippen LogP contribution in [0.1, 0.15) is 21.6 Å². The molecule has 0 aliphatic carbocycles. The summed E-state index contributed by atoms with van der Waals surface area (Å²) in [4.78, 5) is 11.8. The third-order valence-electron chi connectivity index (χ3n) is 2.71. The first kappa shape index (κ1) is 12.8. The normalized spacial score (nSPS) is 9.89. The minimum Gasteiger partial charge on any atom is -0.352 e. The van der Waals surface area contributed by atoms with Crippen molar-refractivity contribution in [2.45, 2.75) is 6.42 Å². The summed E-state index contributed by atoms with van der Waals surface area (Å²) in [7, 11) is 1.86. The van der Waals surface area contributed by atoms with Crippen molar-refractivity contribution in [1.82, 2.24) is 15.1 Å². The topological polar surface area (TPSA) is 70.7 Å². The lowest BCUT2D eigenvalue weighted by Gasteiger charge is -2.04. The van der Waals surface area contributed by atoms with E-state index in [2.05, 4.69) is 10.4 Å². The number of amides is 1. The number of carbonyl (C=O) groups excluding carboxylic acids is 1. The molecule has 0 fully saturated rings. The number of aromatic nitrogens is 2. The maximum absolute atomic E-state index is 11.8. The zero-order valence-corrected chi connectivity index (χ0v) is 10.6. The highest BCUT2D eigenvalue weighted by Gasteiger charge is 2.05. The van der Waals surface area contributed by atoms with Crippen molar-refractivity contribution in [3.05, 3.63) is 53.3 Å². The van der Waals surface area contributed by atoms with Crippen LogP contribution in [0.15, 0.2) is 36.5 Å². The number of aryl methyl sites for hydroxylation is 1. The van der Waals surface area contributed by atoms with E-state index in [1.54, 1.807) is 28.9 Å². The average molecular weight is 254 g/mol. The number of benzene rings is 1. The van der Waals surface area contributed by atoms with Crippen LogP contribution in [0.4, 0.5) is 0 Å². The average Bonchev–Trinajstić information content (AvgIpc) is 2.84. The van der Waals surface area contributed by atoms with Gasteiger partial charge in [-0.1, -0.05) is 0 Å². The Labute approximate surface area is 111 Å². The molecule has 0 spiro atoms. The molecule has 0 radical (unpaired) electrons. The quantitative estimate of drug-likeness (QED) is 0.893. The molecule has 1 heterocycles. The summed E-state index contributed by atoms with van der Waals surface area (Å²) in [5, 5.41) is 15.7. The Morgan fingerprint density at radius 1 is 1.37 bits per heavy atom. The van der Waals surface area contributed by atoms with Gasteiger partial charge in [-0.05, 0) is 30.3 Å². The number of nitrogens with zero attached hydrogens (tertiary/aromatic N) is 3. The summed E-state index contributed by atoms with van der Waals surface area (Å²) in [6.45, 7) is 0.538. The van der Waals surface area contributed by atoms with Gasteiger partial charge in [-0.25, -0.2) is 0 Å². The Morgan fingerprint density at radius 2 is 2.11 bits per heavy atom. The van der Waals surface area contributed by atoms with Gasteiger partial charge in [0.15, 0.2) is 0 Å². The highest BCUT2D eigenvalue weighted by Crippen LogP contribution is 2.03. The van der Waals surface area contributed by atoms with Crippen LogP contribution in [-0.4, -0.2) is 22.2 Å². The highest BCUT2D eigenvalue weighted by molar-refractivity contribution is 5.94. The molecule has 19 heavy (non-hydrogen) atoms. The molecule has 0 unspecified atom stereocenters. The summed E-state index contributed by atoms with van der Waals surface area (Å²) in [5.41, 5.74) is 2.05. The first-order chi connectivity index (χ1) is 9.19. The van der Waals surface area contributed by atoms with Gasteiger partial charge < -0.3 is 5.32 Å². The van der Waals surface area contributed by atoms with Gasteiger partial charge in [-0.2, -0.15) is 10.4 Å². The fourth-order valence-corrected chi connectivity index (χ4v) is 1.70. The first-order valence-electron chi connectivity index (χ1n) is 5.96. The van der Waals surface area contributed by atoms with E-state index in [1.807, 2.05) is 25.4 Å². The summed E-state index contributed by atoms with van der Waals surface area (Å²) >= 11 is 0. The third kappa shape index (κ3) is 3.42. The molecular weight excluding hydrogens is 240 g/mol. The second-order valence-electron chi connectivity index (χ2n) is 4.18. The molecule has 0 aliphatic heterocycles. The van der Waals surface area contributed by atoms with Crippen molar-refractivity contribution in [2.24, 2.45) is 7.05 Å². The second kappa shape index (κ2) is 5.83. The van der Waals surface area contributed by atoms with Gasteiger partial charge in [0.1, 0.15) is 0 Å². The number of nitriles is 1. The molecule has 2 rings (SSSR count). The van der Waals surface area contributed by atoms with Gasteiger partial charge >= 0.3 is 0 Å². The zero-order chi connectivity index (χ0) is 13.7. The van der Waals surface area contributed by atoms with Gasteiger partial charge in [0.2, 0.25) is 0 Å². The lowest BCUT2D eigenvalue weighted by atomic mass is 10.1. The standard InChI is InChI=1S/C14H14N4O/c1-18-9-7-13(17-18)6-8-16-14(19)12-4-2-11(10-15)3-5-12/h2-5,7,9H,6,8H2,1H3,(H,16,19).